The van der Waals surface area contributed by atoms with Crippen molar-refractivity contribution in [2.75, 3.05) is 20.2 Å². The lowest BCUT2D eigenvalue weighted by Gasteiger charge is -2.18. The van der Waals surface area contributed by atoms with Gasteiger partial charge in [-0.15, -0.1) is 0 Å². The maximum atomic E-state index is 13.3. The van der Waals surface area contributed by atoms with Gasteiger partial charge in [0.05, 0.1) is 0 Å². The molecule has 0 aliphatic carbocycles. The Labute approximate surface area is 119 Å². The van der Waals surface area contributed by atoms with Crippen LogP contribution in [-0.2, 0) is 6.54 Å². The summed E-state index contributed by atoms with van der Waals surface area (Å²) < 4.78 is 13.3. The highest BCUT2D eigenvalue weighted by molar-refractivity contribution is 7.80. The first-order valence-corrected chi connectivity index (χ1v) is 6.83. The minimum absolute atomic E-state index is 0.235. The van der Waals surface area contributed by atoms with Crippen molar-refractivity contribution in [2.45, 2.75) is 25.8 Å². The fraction of sp³-hybridized carbons (Fsp3) is 0.500. The van der Waals surface area contributed by atoms with Crippen molar-refractivity contribution in [3.05, 3.63) is 35.1 Å². The predicted octanol–water partition coefficient (Wildman–Crippen LogP) is 2.05. The number of nitrogens with zero attached hydrogens (tertiary/aromatic N) is 1. The van der Waals surface area contributed by atoms with Gasteiger partial charge in [0.2, 0.25) is 0 Å². The third-order valence-corrected chi connectivity index (χ3v) is 3.19. The smallest absolute Gasteiger partial charge is 0.123 e. The van der Waals surface area contributed by atoms with Gasteiger partial charge in [-0.25, -0.2) is 4.39 Å². The first kappa shape index (κ1) is 16.0. The van der Waals surface area contributed by atoms with E-state index in [0.29, 0.717) is 11.5 Å². The van der Waals surface area contributed by atoms with E-state index in [1.54, 1.807) is 6.07 Å². The molecule has 0 radical (unpaired) electrons. The van der Waals surface area contributed by atoms with E-state index in [4.69, 9.17) is 23.1 Å². The number of hydrogen-bond acceptors (Lipinski definition) is 3. The highest BCUT2D eigenvalue weighted by Gasteiger charge is 2.09. The van der Waals surface area contributed by atoms with Crippen LogP contribution in [0.15, 0.2) is 18.2 Å². The van der Waals surface area contributed by atoms with Crippen molar-refractivity contribution in [1.29, 1.82) is 0 Å². The molecule has 0 atom stereocenters. The first-order valence-electron chi connectivity index (χ1n) is 6.42. The van der Waals surface area contributed by atoms with E-state index < -0.39 is 0 Å². The highest BCUT2D eigenvalue weighted by atomic mass is 32.1. The lowest BCUT2D eigenvalue weighted by atomic mass is 10.1. The number of halogens is 1. The van der Waals surface area contributed by atoms with Crippen LogP contribution in [-0.4, -0.2) is 35.2 Å². The SMILES string of the molecule is CN(CCCCCO)Cc1cc(F)ccc1C(N)=S. The average Bonchev–Trinajstić information content (AvgIpc) is 2.34. The van der Waals surface area contributed by atoms with E-state index in [1.165, 1.54) is 12.1 Å². The standard InChI is InChI=1S/C14H21FN2OS/c1-17(7-3-2-4-8-18)10-11-9-12(15)5-6-13(11)14(16)19/h5-6,9,18H,2-4,7-8,10H2,1H3,(H2,16,19). The summed E-state index contributed by atoms with van der Waals surface area (Å²) in [6.07, 6.45) is 2.83. The van der Waals surface area contributed by atoms with Gasteiger partial charge < -0.3 is 15.7 Å². The minimum atomic E-state index is -0.274. The van der Waals surface area contributed by atoms with Gasteiger partial charge in [-0.3, -0.25) is 0 Å². The molecule has 1 aromatic rings. The first-order chi connectivity index (χ1) is 9.04. The normalized spacial score (nSPS) is 10.9. The molecular weight excluding hydrogens is 263 g/mol. The number of nitrogens with two attached hydrogens (primary N) is 1. The van der Waals surface area contributed by atoms with E-state index in [2.05, 4.69) is 4.90 Å². The number of aliphatic hydroxyl groups is 1. The van der Waals surface area contributed by atoms with Gasteiger partial charge in [-0.05, 0) is 56.6 Å². The molecule has 3 N–H and O–H groups in total. The molecule has 1 aromatic carbocycles. The molecule has 0 aliphatic rings. The van der Waals surface area contributed by atoms with Crippen molar-refractivity contribution >= 4 is 17.2 Å². The molecule has 106 valence electrons. The summed E-state index contributed by atoms with van der Waals surface area (Å²) in [5.74, 6) is -0.274. The zero-order chi connectivity index (χ0) is 14.3. The fourth-order valence-corrected chi connectivity index (χ4v) is 2.17. The second-order valence-electron chi connectivity index (χ2n) is 4.69. The third kappa shape index (κ3) is 5.63. The number of thiocarbonyl (C=S) groups is 1. The molecule has 0 heterocycles. The van der Waals surface area contributed by atoms with E-state index in [9.17, 15) is 4.39 Å². The Morgan fingerprint density at radius 3 is 2.74 bits per heavy atom. The van der Waals surface area contributed by atoms with Gasteiger partial charge in [0.15, 0.2) is 0 Å². The van der Waals surface area contributed by atoms with Crippen LogP contribution in [0.3, 0.4) is 0 Å². The second kappa shape index (κ2) is 8.19. The molecule has 0 saturated carbocycles. The summed E-state index contributed by atoms with van der Waals surface area (Å²) in [6.45, 7) is 1.75. The molecule has 0 bridgehead atoms. The fourth-order valence-electron chi connectivity index (χ4n) is 1.97. The monoisotopic (exact) mass is 284 g/mol. The minimum Gasteiger partial charge on any atom is -0.396 e. The number of hydrogen-bond donors (Lipinski definition) is 2. The van der Waals surface area contributed by atoms with Crippen molar-refractivity contribution < 1.29 is 9.50 Å². The van der Waals surface area contributed by atoms with Gasteiger partial charge in [0.25, 0.3) is 0 Å². The van der Waals surface area contributed by atoms with Crippen molar-refractivity contribution in [3.8, 4) is 0 Å². The van der Waals surface area contributed by atoms with Crippen LogP contribution < -0.4 is 5.73 Å². The van der Waals surface area contributed by atoms with Gasteiger partial charge in [-0.1, -0.05) is 12.2 Å². The molecule has 0 spiro atoms. The van der Waals surface area contributed by atoms with Crippen LogP contribution in [0.25, 0.3) is 0 Å². The summed E-state index contributed by atoms with van der Waals surface area (Å²) in [7, 11) is 1.98. The zero-order valence-electron chi connectivity index (χ0n) is 11.2. The van der Waals surface area contributed by atoms with Crippen LogP contribution >= 0.6 is 12.2 Å². The number of benzene rings is 1. The average molecular weight is 284 g/mol. The van der Waals surface area contributed by atoms with Crippen molar-refractivity contribution in [1.82, 2.24) is 4.90 Å². The maximum Gasteiger partial charge on any atom is 0.123 e. The van der Waals surface area contributed by atoms with Gasteiger partial charge in [0, 0.05) is 18.7 Å². The molecule has 0 fully saturated rings. The van der Waals surface area contributed by atoms with Gasteiger partial charge in [-0.2, -0.15) is 0 Å². The summed E-state index contributed by atoms with van der Waals surface area (Å²) >= 11 is 4.98. The Kier molecular flexibility index (Phi) is 6.91. The maximum absolute atomic E-state index is 13.3. The largest absolute Gasteiger partial charge is 0.396 e. The molecular formula is C14H21FN2OS. The van der Waals surface area contributed by atoms with Gasteiger partial charge in [0.1, 0.15) is 10.8 Å². The van der Waals surface area contributed by atoms with Crippen LogP contribution in [0.2, 0.25) is 0 Å². The lowest BCUT2D eigenvalue weighted by Crippen LogP contribution is -2.22. The molecule has 0 saturated heterocycles. The number of rotatable bonds is 8. The molecule has 0 aliphatic heterocycles. The Morgan fingerprint density at radius 2 is 2.11 bits per heavy atom. The molecule has 0 aromatic heterocycles. The zero-order valence-corrected chi connectivity index (χ0v) is 12.0. The third-order valence-electron chi connectivity index (χ3n) is 2.97. The summed E-state index contributed by atoms with van der Waals surface area (Å²) in [5.41, 5.74) is 7.19. The van der Waals surface area contributed by atoms with Crippen molar-refractivity contribution in [2.24, 2.45) is 5.73 Å². The van der Waals surface area contributed by atoms with Crippen LogP contribution in [0.4, 0.5) is 4.39 Å². The Bertz CT molecular complexity index is 426. The molecule has 5 heteroatoms. The lowest BCUT2D eigenvalue weighted by molar-refractivity contribution is 0.271. The van der Waals surface area contributed by atoms with E-state index >= 15 is 0 Å². The molecule has 19 heavy (non-hydrogen) atoms. The summed E-state index contributed by atoms with van der Waals surface area (Å²) in [6, 6.07) is 4.49. The van der Waals surface area contributed by atoms with Crippen LogP contribution in [0.1, 0.15) is 30.4 Å². The second-order valence-corrected chi connectivity index (χ2v) is 5.13. The van der Waals surface area contributed by atoms with E-state index in [1.807, 2.05) is 7.05 Å². The van der Waals surface area contributed by atoms with Crippen LogP contribution in [0, 0.1) is 5.82 Å². The number of aliphatic hydroxyl groups excluding tert-OH is 1. The summed E-state index contributed by atoms with van der Waals surface area (Å²) in [5, 5.41) is 8.71. The quantitative estimate of drug-likeness (QED) is 0.567. The van der Waals surface area contributed by atoms with Crippen molar-refractivity contribution in [3.63, 3.8) is 0 Å². The van der Waals surface area contributed by atoms with Crippen LogP contribution in [0.5, 0.6) is 0 Å². The molecule has 1 rings (SSSR count). The molecule has 0 unspecified atom stereocenters. The van der Waals surface area contributed by atoms with E-state index in [-0.39, 0.29) is 12.4 Å². The molecule has 3 nitrogen and oxygen atoms in total. The van der Waals surface area contributed by atoms with Gasteiger partial charge >= 0.3 is 0 Å². The predicted molar refractivity (Wildman–Crippen MR) is 79.6 cm³/mol. The molecule has 0 amide bonds. The number of unbranched alkanes of at least 4 members (excludes halogenated alkanes) is 2. The Hall–Kier alpha value is -1.04. The van der Waals surface area contributed by atoms with E-state index in [0.717, 1.165) is 36.9 Å². The summed E-state index contributed by atoms with van der Waals surface area (Å²) in [4.78, 5) is 2.40. The topological polar surface area (TPSA) is 49.5 Å². The highest BCUT2D eigenvalue weighted by Crippen LogP contribution is 2.14. The Morgan fingerprint density at radius 1 is 1.37 bits per heavy atom. The Balaban J connectivity index is 2.60.